The second-order valence-corrected chi connectivity index (χ2v) is 4.13. The van der Waals surface area contributed by atoms with Crippen molar-refractivity contribution in [2.24, 2.45) is 0 Å². The van der Waals surface area contributed by atoms with Gasteiger partial charge in [-0.1, -0.05) is 6.07 Å². The quantitative estimate of drug-likeness (QED) is 0.673. The van der Waals surface area contributed by atoms with E-state index in [9.17, 15) is 15.0 Å². The van der Waals surface area contributed by atoms with Gasteiger partial charge in [0.05, 0.1) is 12.2 Å². The molecule has 0 saturated heterocycles. The van der Waals surface area contributed by atoms with Crippen LogP contribution >= 0.6 is 0 Å². The van der Waals surface area contributed by atoms with Gasteiger partial charge in [-0.3, -0.25) is 4.79 Å². The minimum Gasteiger partial charge on any atom is -0.504 e. The molecule has 1 amide bonds. The van der Waals surface area contributed by atoms with Crippen LogP contribution in [0.15, 0.2) is 18.2 Å². The van der Waals surface area contributed by atoms with Crippen molar-refractivity contribution >= 4 is 5.91 Å². The summed E-state index contributed by atoms with van der Waals surface area (Å²) in [5.74, 6) is -1.06. The molecule has 0 unspecified atom stereocenters. The van der Waals surface area contributed by atoms with Gasteiger partial charge in [0.2, 0.25) is 0 Å². The van der Waals surface area contributed by atoms with Gasteiger partial charge in [0, 0.05) is 12.6 Å². The van der Waals surface area contributed by atoms with Crippen molar-refractivity contribution in [3.05, 3.63) is 23.8 Å². The summed E-state index contributed by atoms with van der Waals surface area (Å²) in [6, 6.07) is 4.44. The molecule has 5 heteroatoms. The average molecular weight is 237 g/mol. The Balaban J connectivity index is 2.25. The van der Waals surface area contributed by atoms with Crippen molar-refractivity contribution in [2.75, 3.05) is 13.2 Å². The van der Waals surface area contributed by atoms with Gasteiger partial charge in [-0.15, -0.1) is 0 Å². The first-order valence-electron chi connectivity index (χ1n) is 5.58. The third-order valence-electron chi connectivity index (χ3n) is 2.83. The second-order valence-electron chi connectivity index (χ2n) is 4.13. The Hall–Kier alpha value is -1.75. The molecule has 1 aromatic rings. The van der Waals surface area contributed by atoms with Crippen LogP contribution in [0.2, 0.25) is 0 Å². The third kappa shape index (κ3) is 2.34. The number of phenols is 2. The molecular weight excluding hydrogens is 222 g/mol. The van der Waals surface area contributed by atoms with Crippen LogP contribution < -0.4 is 0 Å². The van der Waals surface area contributed by atoms with E-state index in [0.717, 1.165) is 12.8 Å². The maximum atomic E-state index is 12.1. The molecule has 1 saturated carbocycles. The minimum absolute atomic E-state index is 0.0744. The second kappa shape index (κ2) is 4.63. The number of hydrogen-bond acceptors (Lipinski definition) is 4. The van der Waals surface area contributed by atoms with Crippen molar-refractivity contribution in [1.29, 1.82) is 0 Å². The van der Waals surface area contributed by atoms with E-state index in [1.807, 2.05) is 0 Å². The topological polar surface area (TPSA) is 81.0 Å². The lowest BCUT2D eigenvalue weighted by Gasteiger charge is -2.21. The van der Waals surface area contributed by atoms with Crippen LogP contribution in [0.5, 0.6) is 11.5 Å². The number of aromatic hydroxyl groups is 2. The number of benzene rings is 1. The van der Waals surface area contributed by atoms with Gasteiger partial charge in [0.15, 0.2) is 11.5 Å². The largest absolute Gasteiger partial charge is 0.504 e. The molecule has 0 bridgehead atoms. The number of hydrogen-bond donors (Lipinski definition) is 3. The molecule has 0 radical (unpaired) electrons. The summed E-state index contributed by atoms with van der Waals surface area (Å²) in [5, 5.41) is 27.9. The predicted molar refractivity (Wildman–Crippen MR) is 60.9 cm³/mol. The number of phenolic OH excluding ortho intramolecular Hbond substituents is 2. The van der Waals surface area contributed by atoms with E-state index in [2.05, 4.69) is 0 Å². The zero-order valence-corrected chi connectivity index (χ0v) is 9.33. The Morgan fingerprint density at radius 3 is 2.65 bits per heavy atom. The van der Waals surface area contributed by atoms with Crippen LogP contribution in [-0.4, -0.2) is 45.3 Å². The minimum atomic E-state index is -0.402. The lowest BCUT2D eigenvalue weighted by Crippen LogP contribution is -2.35. The summed E-state index contributed by atoms with van der Waals surface area (Å²) >= 11 is 0. The zero-order valence-electron chi connectivity index (χ0n) is 9.33. The Bertz CT molecular complexity index is 429. The highest BCUT2D eigenvalue weighted by molar-refractivity contribution is 5.98. The molecule has 1 fully saturated rings. The molecule has 0 aromatic heterocycles. The first kappa shape index (κ1) is 11.7. The molecule has 0 atom stereocenters. The van der Waals surface area contributed by atoms with E-state index in [1.165, 1.54) is 23.1 Å². The number of para-hydroxylation sites is 1. The zero-order chi connectivity index (χ0) is 12.4. The summed E-state index contributed by atoms with van der Waals surface area (Å²) < 4.78 is 0. The molecule has 0 spiro atoms. The normalized spacial score (nSPS) is 14.6. The summed E-state index contributed by atoms with van der Waals surface area (Å²) in [6.45, 7) is 0.139. The van der Waals surface area contributed by atoms with Gasteiger partial charge in [0.1, 0.15) is 0 Å². The summed E-state index contributed by atoms with van der Waals surface area (Å²) in [5.41, 5.74) is 0.0744. The molecular formula is C12H15NO4. The van der Waals surface area contributed by atoms with E-state index in [4.69, 9.17) is 5.11 Å². The smallest absolute Gasteiger partial charge is 0.258 e. The molecule has 17 heavy (non-hydrogen) atoms. The van der Waals surface area contributed by atoms with Crippen LogP contribution in [0.1, 0.15) is 23.2 Å². The van der Waals surface area contributed by atoms with E-state index >= 15 is 0 Å². The number of nitrogens with zero attached hydrogens (tertiary/aromatic N) is 1. The average Bonchev–Trinajstić information content (AvgIpc) is 3.13. The monoisotopic (exact) mass is 237 g/mol. The third-order valence-corrected chi connectivity index (χ3v) is 2.83. The van der Waals surface area contributed by atoms with Crippen LogP contribution in [0.4, 0.5) is 0 Å². The fourth-order valence-corrected chi connectivity index (χ4v) is 1.80. The van der Waals surface area contributed by atoms with Crippen molar-refractivity contribution < 1.29 is 20.1 Å². The number of rotatable bonds is 4. The van der Waals surface area contributed by atoms with Gasteiger partial charge < -0.3 is 20.2 Å². The Labute approximate surface area is 98.9 Å². The number of carbonyl (C=O) groups is 1. The molecule has 1 aliphatic rings. The first-order valence-corrected chi connectivity index (χ1v) is 5.58. The predicted octanol–water partition coefficient (Wildman–Crippen LogP) is 0.695. The number of carbonyl (C=O) groups excluding carboxylic acids is 1. The van der Waals surface area contributed by atoms with Crippen molar-refractivity contribution in [3.8, 4) is 11.5 Å². The molecule has 0 aliphatic heterocycles. The highest BCUT2D eigenvalue weighted by Crippen LogP contribution is 2.33. The molecule has 5 nitrogen and oxygen atoms in total. The molecule has 0 heterocycles. The maximum absolute atomic E-state index is 12.1. The fraction of sp³-hybridized carbons (Fsp3) is 0.417. The van der Waals surface area contributed by atoms with Crippen LogP contribution in [0.3, 0.4) is 0 Å². The summed E-state index contributed by atoms with van der Waals surface area (Å²) in [4.78, 5) is 13.7. The van der Waals surface area contributed by atoms with Crippen molar-refractivity contribution in [2.45, 2.75) is 18.9 Å². The first-order chi connectivity index (χ1) is 8.15. The standard InChI is InChI=1S/C12H15NO4/c14-7-6-13(8-4-5-8)12(17)9-2-1-3-10(15)11(9)16/h1-3,8,14-16H,4-7H2. The summed E-state index contributed by atoms with van der Waals surface area (Å²) in [6.07, 6.45) is 1.84. The van der Waals surface area contributed by atoms with Crippen molar-refractivity contribution in [1.82, 2.24) is 4.90 Å². The maximum Gasteiger partial charge on any atom is 0.258 e. The SMILES string of the molecule is O=C(c1cccc(O)c1O)N(CCO)C1CC1. The lowest BCUT2D eigenvalue weighted by molar-refractivity contribution is 0.0704. The van der Waals surface area contributed by atoms with Gasteiger partial charge in [-0.2, -0.15) is 0 Å². The van der Waals surface area contributed by atoms with Gasteiger partial charge >= 0.3 is 0 Å². The molecule has 1 aliphatic carbocycles. The van der Waals surface area contributed by atoms with Gasteiger partial charge in [-0.25, -0.2) is 0 Å². The number of aliphatic hydroxyl groups is 1. The summed E-state index contributed by atoms with van der Waals surface area (Å²) in [7, 11) is 0. The van der Waals surface area contributed by atoms with Crippen LogP contribution in [-0.2, 0) is 0 Å². The number of aliphatic hydroxyl groups excluding tert-OH is 1. The molecule has 1 aromatic carbocycles. The molecule has 3 N–H and O–H groups in total. The van der Waals surface area contributed by atoms with E-state index < -0.39 is 5.75 Å². The van der Waals surface area contributed by atoms with E-state index in [1.54, 1.807) is 0 Å². The van der Waals surface area contributed by atoms with Gasteiger partial charge in [-0.05, 0) is 25.0 Å². The molecule has 2 rings (SSSR count). The fourth-order valence-electron chi connectivity index (χ4n) is 1.80. The van der Waals surface area contributed by atoms with Crippen LogP contribution in [0, 0.1) is 0 Å². The Kier molecular flexibility index (Phi) is 3.19. The van der Waals surface area contributed by atoms with Crippen LogP contribution in [0.25, 0.3) is 0 Å². The highest BCUT2D eigenvalue weighted by atomic mass is 16.3. The van der Waals surface area contributed by atoms with E-state index in [0.29, 0.717) is 0 Å². The highest BCUT2D eigenvalue weighted by Gasteiger charge is 2.33. The van der Waals surface area contributed by atoms with E-state index in [-0.39, 0.29) is 36.4 Å². The van der Waals surface area contributed by atoms with Gasteiger partial charge in [0.25, 0.3) is 5.91 Å². The molecule has 92 valence electrons. The lowest BCUT2D eigenvalue weighted by atomic mass is 10.1. The Morgan fingerprint density at radius 1 is 1.35 bits per heavy atom. The van der Waals surface area contributed by atoms with Crippen molar-refractivity contribution in [3.63, 3.8) is 0 Å². The Morgan fingerprint density at radius 2 is 2.06 bits per heavy atom. The number of amides is 1.